The lowest BCUT2D eigenvalue weighted by molar-refractivity contribution is 0.384. The van der Waals surface area contributed by atoms with Gasteiger partial charge in [-0.2, -0.15) is 0 Å². The van der Waals surface area contributed by atoms with Crippen LogP contribution in [0, 0.1) is 0 Å². The molecule has 0 N–H and O–H groups in total. The summed E-state index contributed by atoms with van der Waals surface area (Å²) < 4.78 is 18.5. The highest BCUT2D eigenvalue weighted by molar-refractivity contribution is 6.17. The summed E-state index contributed by atoms with van der Waals surface area (Å²) in [6, 6.07) is 32.3. The Hall–Kier alpha value is -3.43. The molecule has 4 aromatic rings. The van der Waals surface area contributed by atoms with E-state index in [1.54, 1.807) is 0 Å². The van der Waals surface area contributed by atoms with Gasteiger partial charge in [-0.15, -0.1) is 11.6 Å². The fraction of sp³-hybridized carbons (Fsp3) is 0.0400. The molecule has 0 aliphatic heterocycles. The van der Waals surface area contributed by atoms with Gasteiger partial charge < -0.3 is 14.2 Å². The van der Waals surface area contributed by atoms with Crippen molar-refractivity contribution in [3.05, 3.63) is 109 Å². The van der Waals surface area contributed by atoms with Crippen LogP contribution in [-0.2, 0) is 5.88 Å². The molecule has 144 valence electrons. The molecule has 0 aliphatic carbocycles. The molecule has 29 heavy (non-hydrogen) atoms. The lowest BCUT2D eigenvalue weighted by Gasteiger charge is -2.19. The van der Waals surface area contributed by atoms with E-state index < -0.39 is 0 Å². The van der Waals surface area contributed by atoms with E-state index in [4.69, 9.17) is 25.8 Å². The maximum Gasteiger partial charge on any atom is 0.212 e. The molecule has 0 fully saturated rings. The number of para-hydroxylation sites is 3. The third kappa shape index (κ3) is 4.71. The van der Waals surface area contributed by atoms with E-state index in [1.165, 1.54) is 0 Å². The summed E-state index contributed by atoms with van der Waals surface area (Å²) >= 11 is 6.21. The van der Waals surface area contributed by atoms with Crippen LogP contribution in [0.2, 0.25) is 0 Å². The molecule has 0 atom stereocenters. The fourth-order valence-corrected chi connectivity index (χ4v) is 3.02. The van der Waals surface area contributed by atoms with Crippen molar-refractivity contribution in [2.45, 2.75) is 5.88 Å². The Bertz CT molecular complexity index is 1050. The lowest BCUT2D eigenvalue weighted by atomic mass is 10.2. The quantitative estimate of drug-likeness (QED) is 0.295. The Balaban J connectivity index is 1.80. The lowest BCUT2D eigenvalue weighted by Crippen LogP contribution is -1.97. The number of rotatable bonds is 7. The van der Waals surface area contributed by atoms with Crippen LogP contribution in [0.25, 0.3) is 0 Å². The van der Waals surface area contributed by atoms with E-state index in [-0.39, 0.29) is 5.88 Å². The van der Waals surface area contributed by atoms with Crippen molar-refractivity contribution in [3.63, 3.8) is 0 Å². The monoisotopic (exact) mass is 402 g/mol. The minimum absolute atomic E-state index is 0.277. The summed E-state index contributed by atoms with van der Waals surface area (Å²) in [5.74, 6) is 3.89. The van der Waals surface area contributed by atoms with E-state index in [0.29, 0.717) is 34.5 Å². The first-order valence-electron chi connectivity index (χ1n) is 9.24. The molecule has 0 aromatic heterocycles. The summed E-state index contributed by atoms with van der Waals surface area (Å²) in [5.41, 5.74) is 0.807. The van der Waals surface area contributed by atoms with Crippen LogP contribution in [0.5, 0.6) is 34.5 Å². The number of halogens is 1. The Morgan fingerprint density at radius 3 is 1.41 bits per heavy atom. The van der Waals surface area contributed by atoms with Gasteiger partial charge in [-0.3, -0.25) is 0 Å². The zero-order chi connectivity index (χ0) is 19.9. The van der Waals surface area contributed by atoms with Crippen molar-refractivity contribution in [1.82, 2.24) is 0 Å². The van der Waals surface area contributed by atoms with Crippen LogP contribution >= 0.6 is 11.6 Å². The van der Waals surface area contributed by atoms with Crippen molar-refractivity contribution in [2.24, 2.45) is 0 Å². The van der Waals surface area contributed by atoms with Crippen LogP contribution in [0.15, 0.2) is 103 Å². The molecule has 0 aliphatic rings. The summed E-state index contributed by atoms with van der Waals surface area (Å²) in [6.45, 7) is 0. The van der Waals surface area contributed by atoms with Gasteiger partial charge in [0.1, 0.15) is 17.2 Å². The first-order chi connectivity index (χ1) is 14.3. The molecule has 0 saturated carbocycles. The number of benzene rings is 4. The van der Waals surface area contributed by atoms with Gasteiger partial charge in [0, 0.05) is 5.56 Å². The second-order valence-corrected chi connectivity index (χ2v) is 6.53. The van der Waals surface area contributed by atoms with Crippen LogP contribution in [0.1, 0.15) is 5.56 Å². The average Bonchev–Trinajstić information content (AvgIpc) is 2.78. The molecule has 0 spiro atoms. The second-order valence-electron chi connectivity index (χ2n) is 6.26. The fourth-order valence-electron chi connectivity index (χ4n) is 2.81. The van der Waals surface area contributed by atoms with Gasteiger partial charge in [-0.1, -0.05) is 60.7 Å². The molecular formula is C25H19ClO3. The van der Waals surface area contributed by atoms with Gasteiger partial charge in [-0.05, 0) is 42.5 Å². The van der Waals surface area contributed by atoms with Crippen LogP contribution < -0.4 is 14.2 Å². The van der Waals surface area contributed by atoms with E-state index in [0.717, 1.165) is 5.56 Å². The van der Waals surface area contributed by atoms with Gasteiger partial charge in [-0.25, -0.2) is 0 Å². The third-order valence-corrected chi connectivity index (χ3v) is 4.49. The SMILES string of the molecule is ClCc1ccc(Oc2ccccc2)c(Oc2ccccc2)c1Oc1ccccc1. The Morgan fingerprint density at radius 2 is 0.931 bits per heavy atom. The van der Waals surface area contributed by atoms with Crippen molar-refractivity contribution >= 4 is 11.6 Å². The first kappa shape index (κ1) is 18.9. The standard InChI is InChI=1S/C25H19ClO3/c26-18-19-16-17-23(27-20-10-4-1-5-11-20)25(29-22-14-8-3-9-15-22)24(19)28-21-12-6-2-7-13-21/h1-17H,18H2. The van der Waals surface area contributed by atoms with Crippen LogP contribution in [0.4, 0.5) is 0 Å². The molecule has 4 rings (SSSR count). The molecule has 0 heterocycles. The number of hydrogen-bond donors (Lipinski definition) is 0. The zero-order valence-corrected chi connectivity index (χ0v) is 16.4. The van der Waals surface area contributed by atoms with Crippen LogP contribution in [-0.4, -0.2) is 0 Å². The van der Waals surface area contributed by atoms with Crippen molar-refractivity contribution < 1.29 is 14.2 Å². The molecule has 4 aromatic carbocycles. The summed E-state index contributed by atoms with van der Waals surface area (Å²) in [7, 11) is 0. The minimum atomic E-state index is 0.277. The largest absolute Gasteiger partial charge is 0.453 e. The van der Waals surface area contributed by atoms with Gasteiger partial charge in [0.2, 0.25) is 5.75 Å². The number of ether oxygens (including phenoxy) is 3. The Kier molecular flexibility index (Phi) is 5.98. The molecular weight excluding hydrogens is 384 g/mol. The Morgan fingerprint density at radius 1 is 0.483 bits per heavy atom. The van der Waals surface area contributed by atoms with Gasteiger partial charge >= 0.3 is 0 Å². The van der Waals surface area contributed by atoms with E-state index in [9.17, 15) is 0 Å². The van der Waals surface area contributed by atoms with Gasteiger partial charge in [0.05, 0.1) is 5.88 Å². The van der Waals surface area contributed by atoms with Crippen LogP contribution in [0.3, 0.4) is 0 Å². The maximum atomic E-state index is 6.22. The van der Waals surface area contributed by atoms with Crippen molar-refractivity contribution in [3.8, 4) is 34.5 Å². The van der Waals surface area contributed by atoms with E-state index in [1.807, 2.05) is 103 Å². The van der Waals surface area contributed by atoms with E-state index >= 15 is 0 Å². The molecule has 0 bridgehead atoms. The first-order valence-corrected chi connectivity index (χ1v) is 9.77. The third-order valence-electron chi connectivity index (χ3n) is 4.20. The molecule has 0 amide bonds. The molecule has 3 nitrogen and oxygen atoms in total. The van der Waals surface area contributed by atoms with Crippen molar-refractivity contribution in [2.75, 3.05) is 0 Å². The Labute approximate surface area is 175 Å². The number of alkyl halides is 1. The molecule has 0 unspecified atom stereocenters. The highest BCUT2D eigenvalue weighted by Gasteiger charge is 2.20. The number of hydrogen-bond acceptors (Lipinski definition) is 3. The molecule has 4 heteroatoms. The van der Waals surface area contributed by atoms with Gasteiger partial charge in [0.15, 0.2) is 11.5 Å². The highest BCUT2D eigenvalue weighted by Crippen LogP contribution is 2.46. The smallest absolute Gasteiger partial charge is 0.212 e. The molecule has 0 radical (unpaired) electrons. The second kappa shape index (κ2) is 9.18. The minimum Gasteiger partial charge on any atom is -0.453 e. The van der Waals surface area contributed by atoms with Crippen molar-refractivity contribution in [1.29, 1.82) is 0 Å². The zero-order valence-electron chi connectivity index (χ0n) is 15.6. The summed E-state index contributed by atoms with van der Waals surface area (Å²) in [4.78, 5) is 0. The predicted molar refractivity (Wildman–Crippen MR) is 116 cm³/mol. The topological polar surface area (TPSA) is 27.7 Å². The average molecular weight is 403 g/mol. The van der Waals surface area contributed by atoms with Gasteiger partial charge in [0.25, 0.3) is 0 Å². The summed E-state index contributed by atoms with van der Waals surface area (Å²) in [5, 5.41) is 0. The normalized spacial score (nSPS) is 10.4. The molecule has 0 saturated heterocycles. The van der Waals surface area contributed by atoms with E-state index in [2.05, 4.69) is 0 Å². The predicted octanol–water partition coefficient (Wildman–Crippen LogP) is 7.80. The highest BCUT2D eigenvalue weighted by atomic mass is 35.5. The summed E-state index contributed by atoms with van der Waals surface area (Å²) in [6.07, 6.45) is 0. The maximum absolute atomic E-state index is 6.22.